The second-order valence-corrected chi connectivity index (χ2v) is 7.34. The third kappa shape index (κ3) is 3.25. The van der Waals surface area contributed by atoms with Gasteiger partial charge >= 0.3 is 0 Å². The van der Waals surface area contributed by atoms with E-state index in [-0.39, 0.29) is 24.4 Å². The molecule has 2 amide bonds. The van der Waals surface area contributed by atoms with Gasteiger partial charge in [-0.1, -0.05) is 36.4 Å². The lowest BCUT2D eigenvalue weighted by Gasteiger charge is -2.39. The highest BCUT2D eigenvalue weighted by Crippen LogP contribution is 2.25. The van der Waals surface area contributed by atoms with Crippen molar-refractivity contribution < 1.29 is 9.59 Å². The molecule has 2 aliphatic heterocycles. The van der Waals surface area contributed by atoms with Gasteiger partial charge in [-0.3, -0.25) is 14.5 Å². The van der Waals surface area contributed by atoms with Gasteiger partial charge in [0.1, 0.15) is 12.6 Å². The average molecular weight is 374 g/mol. The maximum atomic E-state index is 13.1. The molecule has 2 heterocycles. The Morgan fingerprint density at radius 2 is 1.75 bits per heavy atom. The zero-order valence-corrected chi connectivity index (χ0v) is 15.8. The van der Waals surface area contributed by atoms with Gasteiger partial charge in [0.2, 0.25) is 11.8 Å². The average Bonchev–Trinajstić information content (AvgIpc) is 2.72. The molecule has 2 aliphatic rings. The van der Waals surface area contributed by atoms with Crippen LogP contribution in [0.15, 0.2) is 48.5 Å². The van der Waals surface area contributed by atoms with Gasteiger partial charge in [-0.05, 0) is 36.7 Å². The Bertz CT molecular complexity index is 965. The number of anilines is 1. The molecule has 1 atom stereocenters. The molecule has 2 aromatic carbocycles. The first kappa shape index (κ1) is 18.2. The Morgan fingerprint density at radius 3 is 2.50 bits per heavy atom. The molecule has 0 spiro atoms. The van der Waals surface area contributed by atoms with E-state index in [1.165, 1.54) is 11.1 Å². The van der Waals surface area contributed by atoms with Crippen LogP contribution in [-0.2, 0) is 22.6 Å². The van der Waals surface area contributed by atoms with Gasteiger partial charge < -0.3 is 9.80 Å². The summed E-state index contributed by atoms with van der Waals surface area (Å²) in [6.07, 6.45) is 0.664. The largest absolute Gasteiger partial charge is 0.330 e. The van der Waals surface area contributed by atoms with Crippen LogP contribution in [0.2, 0.25) is 0 Å². The highest BCUT2D eigenvalue weighted by molar-refractivity contribution is 5.99. The molecular formula is C22H22N4O2. The van der Waals surface area contributed by atoms with E-state index in [9.17, 15) is 14.9 Å². The molecule has 0 saturated carbocycles. The van der Waals surface area contributed by atoms with Crippen molar-refractivity contribution in [3.8, 4) is 6.07 Å². The number of hydrogen-bond donors (Lipinski definition) is 0. The van der Waals surface area contributed by atoms with E-state index in [0.717, 1.165) is 6.54 Å². The first-order valence-corrected chi connectivity index (χ1v) is 9.44. The molecule has 4 rings (SSSR count). The highest BCUT2D eigenvalue weighted by Gasteiger charge is 2.36. The van der Waals surface area contributed by atoms with Gasteiger partial charge in [-0.2, -0.15) is 5.26 Å². The van der Waals surface area contributed by atoms with Gasteiger partial charge in [0, 0.05) is 19.6 Å². The minimum Gasteiger partial charge on any atom is -0.330 e. The summed E-state index contributed by atoms with van der Waals surface area (Å²) < 4.78 is 0. The summed E-state index contributed by atoms with van der Waals surface area (Å²) in [6, 6.07) is 17.2. The summed E-state index contributed by atoms with van der Waals surface area (Å²) in [7, 11) is 1.96. The summed E-state index contributed by atoms with van der Waals surface area (Å²) in [5.74, 6) is -0.153. The molecule has 0 radical (unpaired) electrons. The number of piperazine rings is 1. The van der Waals surface area contributed by atoms with E-state index in [4.69, 9.17) is 0 Å². The molecule has 0 unspecified atom stereocenters. The zero-order chi connectivity index (χ0) is 19.7. The molecule has 0 bridgehead atoms. The molecule has 6 heteroatoms. The molecule has 0 aliphatic carbocycles. The van der Waals surface area contributed by atoms with E-state index >= 15 is 0 Å². The molecule has 2 aromatic rings. The summed E-state index contributed by atoms with van der Waals surface area (Å²) in [5, 5.41) is 9.30. The predicted molar refractivity (Wildman–Crippen MR) is 105 cm³/mol. The predicted octanol–water partition coefficient (Wildman–Crippen LogP) is 1.79. The summed E-state index contributed by atoms with van der Waals surface area (Å²) in [4.78, 5) is 31.2. The lowest BCUT2D eigenvalue weighted by Crippen LogP contribution is -2.57. The maximum Gasteiger partial charge on any atom is 0.246 e. The molecular weight excluding hydrogens is 352 g/mol. The monoisotopic (exact) mass is 374 g/mol. The lowest BCUT2D eigenvalue weighted by molar-refractivity contribution is -0.141. The fourth-order valence-corrected chi connectivity index (χ4v) is 4.06. The van der Waals surface area contributed by atoms with Gasteiger partial charge in [0.15, 0.2) is 0 Å². The SMILES string of the molecule is CN1Cc2ccccc2C[C@@H]1C(=O)N1CCN(c2ccccc2C#N)C(=O)C1. The minimum atomic E-state index is -0.249. The van der Waals surface area contributed by atoms with Crippen LogP contribution in [0, 0.1) is 11.3 Å². The van der Waals surface area contributed by atoms with Crippen molar-refractivity contribution >= 4 is 17.5 Å². The molecule has 6 nitrogen and oxygen atoms in total. The fraction of sp³-hybridized carbons (Fsp3) is 0.318. The van der Waals surface area contributed by atoms with Crippen molar-refractivity contribution in [1.29, 1.82) is 5.26 Å². The van der Waals surface area contributed by atoms with E-state index in [2.05, 4.69) is 23.1 Å². The van der Waals surface area contributed by atoms with E-state index in [1.54, 1.807) is 28.0 Å². The highest BCUT2D eigenvalue weighted by atomic mass is 16.2. The first-order chi connectivity index (χ1) is 13.6. The number of fused-ring (bicyclic) bond motifs is 1. The third-order valence-electron chi connectivity index (χ3n) is 5.62. The van der Waals surface area contributed by atoms with Gasteiger partial charge in [-0.25, -0.2) is 0 Å². The first-order valence-electron chi connectivity index (χ1n) is 9.44. The number of para-hydroxylation sites is 1. The van der Waals surface area contributed by atoms with E-state index < -0.39 is 0 Å². The minimum absolute atomic E-state index is 0.00132. The van der Waals surface area contributed by atoms with Crippen LogP contribution in [0.1, 0.15) is 16.7 Å². The van der Waals surface area contributed by atoms with Crippen LogP contribution < -0.4 is 4.90 Å². The second kappa shape index (κ2) is 7.45. The number of nitriles is 1. The van der Waals surface area contributed by atoms with Crippen LogP contribution in [0.5, 0.6) is 0 Å². The number of carbonyl (C=O) groups is 2. The van der Waals surface area contributed by atoms with Crippen LogP contribution >= 0.6 is 0 Å². The number of amides is 2. The lowest BCUT2D eigenvalue weighted by atomic mass is 9.93. The molecule has 0 aromatic heterocycles. The van der Waals surface area contributed by atoms with Crippen LogP contribution in [0.25, 0.3) is 0 Å². The number of hydrogen-bond acceptors (Lipinski definition) is 4. The Labute approximate surface area is 164 Å². The van der Waals surface area contributed by atoms with E-state index in [1.807, 2.05) is 25.2 Å². The van der Waals surface area contributed by atoms with Crippen LogP contribution in [0.4, 0.5) is 5.69 Å². The number of likely N-dealkylation sites (N-methyl/N-ethyl adjacent to an activating group) is 1. The Morgan fingerprint density at radius 1 is 1.04 bits per heavy atom. The smallest absolute Gasteiger partial charge is 0.246 e. The number of benzene rings is 2. The Hall–Kier alpha value is -3.17. The van der Waals surface area contributed by atoms with Crippen molar-refractivity contribution in [2.45, 2.75) is 19.0 Å². The number of rotatable bonds is 2. The number of carbonyl (C=O) groups excluding carboxylic acids is 2. The second-order valence-electron chi connectivity index (χ2n) is 7.34. The van der Waals surface area contributed by atoms with Gasteiger partial charge in [-0.15, -0.1) is 0 Å². The topological polar surface area (TPSA) is 67.7 Å². The maximum absolute atomic E-state index is 13.1. The van der Waals surface area contributed by atoms with E-state index in [0.29, 0.717) is 30.8 Å². The normalized spacial score (nSPS) is 19.9. The van der Waals surface area contributed by atoms with Crippen LogP contribution in [-0.4, -0.2) is 54.3 Å². The molecule has 1 fully saturated rings. The van der Waals surface area contributed by atoms with Crippen molar-refractivity contribution in [2.24, 2.45) is 0 Å². The van der Waals surface area contributed by atoms with Crippen LogP contribution in [0.3, 0.4) is 0 Å². The molecule has 142 valence electrons. The summed E-state index contributed by atoms with van der Waals surface area (Å²) >= 11 is 0. The van der Waals surface area contributed by atoms with Gasteiger partial charge in [0.25, 0.3) is 0 Å². The quantitative estimate of drug-likeness (QED) is 0.804. The molecule has 0 N–H and O–H groups in total. The van der Waals surface area contributed by atoms with Gasteiger partial charge in [0.05, 0.1) is 17.3 Å². The summed E-state index contributed by atoms with van der Waals surface area (Å²) in [6.45, 7) is 1.65. The molecule has 28 heavy (non-hydrogen) atoms. The number of nitrogens with zero attached hydrogens (tertiary/aromatic N) is 4. The van der Waals surface area contributed by atoms with Crippen molar-refractivity contribution in [3.05, 3.63) is 65.2 Å². The van der Waals surface area contributed by atoms with Crippen molar-refractivity contribution in [3.63, 3.8) is 0 Å². The third-order valence-corrected chi connectivity index (χ3v) is 5.62. The fourth-order valence-electron chi connectivity index (χ4n) is 4.06. The van der Waals surface area contributed by atoms with Crippen molar-refractivity contribution in [2.75, 3.05) is 31.6 Å². The van der Waals surface area contributed by atoms with Crippen molar-refractivity contribution in [1.82, 2.24) is 9.80 Å². The standard InChI is InChI=1S/C22H22N4O2/c1-24-14-18-8-3-2-6-16(18)12-20(24)22(28)25-10-11-26(21(27)15-25)19-9-5-4-7-17(19)13-23/h2-9,20H,10-12,14-15H2,1H3/t20-/m1/s1. The molecule has 1 saturated heterocycles. The summed E-state index contributed by atoms with van der Waals surface area (Å²) in [5.41, 5.74) is 3.54. The zero-order valence-electron chi connectivity index (χ0n) is 15.8. The Kier molecular flexibility index (Phi) is 4.84. The Balaban J connectivity index is 1.48.